The van der Waals surface area contributed by atoms with Gasteiger partial charge in [0.1, 0.15) is 0 Å². The van der Waals surface area contributed by atoms with Crippen LogP contribution in [0, 0.1) is 0 Å². The molecule has 0 aliphatic carbocycles. The lowest BCUT2D eigenvalue weighted by Crippen LogP contribution is -2.43. The highest BCUT2D eigenvalue weighted by atomic mass is 15.2. The number of unbranched alkanes of at least 4 members (excludes halogenated alkanes) is 1. The van der Waals surface area contributed by atoms with Crippen LogP contribution >= 0.6 is 0 Å². The van der Waals surface area contributed by atoms with Gasteiger partial charge in [0, 0.05) is 18.3 Å². The van der Waals surface area contributed by atoms with Crippen LogP contribution in [-0.2, 0) is 6.42 Å². The molecule has 126 valence electrons. The molecule has 2 nitrogen and oxygen atoms in total. The first kappa shape index (κ1) is 19.0. The van der Waals surface area contributed by atoms with Crippen molar-refractivity contribution >= 4 is 5.69 Å². The molecule has 2 heteroatoms. The molecule has 2 aliphatic heterocycles. The molecule has 0 unspecified atom stereocenters. The van der Waals surface area contributed by atoms with E-state index in [0.717, 1.165) is 6.04 Å². The monoisotopic (exact) mass is 304 g/mol. The Kier molecular flexibility index (Phi) is 9.22. The lowest BCUT2D eigenvalue weighted by atomic mass is 10.0. The Balaban J connectivity index is 0.000000354. The second kappa shape index (κ2) is 10.7. The number of nitrogens with zero attached hydrogens (tertiary/aromatic N) is 2. The third-order valence-corrected chi connectivity index (χ3v) is 4.55. The number of para-hydroxylation sites is 1. The molecule has 1 aromatic rings. The van der Waals surface area contributed by atoms with E-state index < -0.39 is 0 Å². The molecule has 0 atom stereocenters. The van der Waals surface area contributed by atoms with Crippen LogP contribution in [-0.4, -0.2) is 37.6 Å². The normalized spacial score (nSPS) is 18.0. The predicted molar refractivity (Wildman–Crippen MR) is 99.9 cm³/mol. The molecule has 1 aromatic carbocycles. The molecule has 3 rings (SSSR count). The van der Waals surface area contributed by atoms with Gasteiger partial charge in [-0.25, -0.2) is 0 Å². The summed E-state index contributed by atoms with van der Waals surface area (Å²) in [6.45, 7) is 12.1. The van der Waals surface area contributed by atoms with Gasteiger partial charge < -0.3 is 9.80 Å². The first-order valence-corrected chi connectivity index (χ1v) is 9.29. The highest BCUT2D eigenvalue weighted by molar-refractivity contribution is 5.58. The van der Waals surface area contributed by atoms with Gasteiger partial charge in [0.15, 0.2) is 0 Å². The van der Waals surface area contributed by atoms with E-state index in [2.05, 4.69) is 55.0 Å². The zero-order chi connectivity index (χ0) is 16.4. The summed E-state index contributed by atoms with van der Waals surface area (Å²) in [5, 5.41) is 0. The van der Waals surface area contributed by atoms with E-state index in [9.17, 15) is 0 Å². The number of benzene rings is 1. The summed E-state index contributed by atoms with van der Waals surface area (Å²) in [7, 11) is 2.23. The lowest BCUT2D eigenvalue weighted by Gasteiger charge is -2.36. The quantitative estimate of drug-likeness (QED) is 0.760. The van der Waals surface area contributed by atoms with E-state index in [0.29, 0.717) is 0 Å². The summed E-state index contributed by atoms with van der Waals surface area (Å²) >= 11 is 0. The van der Waals surface area contributed by atoms with Crippen molar-refractivity contribution in [1.82, 2.24) is 4.90 Å². The minimum absolute atomic E-state index is 0.778. The minimum Gasteiger partial charge on any atom is -0.368 e. The van der Waals surface area contributed by atoms with Gasteiger partial charge in [-0.05, 0) is 51.0 Å². The van der Waals surface area contributed by atoms with Gasteiger partial charge in [0.25, 0.3) is 0 Å². The lowest BCUT2D eigenvalue weighted by molar-refractivity contribution is 0.251. The Morgan fingerprint density at radius 3 is 2.14 bits per heavy atom. The SMILES string of the molecule is CC.CCCC.CN1CCC(N2CCc3ccccc32)CC1. The molecular weight excluding hydrogens is 268 g/mol. The van der Waals surface area contributed by atoms with Gasteiger partial charge >= 0.3 is 0 Å². The van der Waals surface area contributed by atoms with E-state index >= 15 is 0 Å². The topological polar surface area (TPSA) is 6.48 Å². The van der Waals surface area contributed by atoms with Crippen molar-refractivity contribution < 1.29 is 0 Å². The molecule has 22 heavy (non-hydrogen) atoms. The minimum atomic E-state index is 0.778. The number of hydrogen-bond acceptors (Lipinski definition) is 2. The summed E-state index contributed by atoms with van der Waals surface area (Å²) in [6, 6.07) is 9.69. The zero-order valence-electron chi connectivity index (χ0n) is 15.4. The number of piperidine rings is 1. The van der Waals surface area contributed by atoms with Crippen LogP contribution < -0.4 is 4.90 Å². The molecule has 0 bridgehead atoms. The molecule has 0 N–H and O–H groups in total. The Morgan fingerprint density at radius 2 is 1.55 bits per heavy atom. The van der Waals surface area contributed by atoms with Gasteiger partial charge in [-0.2, -0.15) is 0 Å². The molecule has 0 amide bonds. The van der Waals surface area contributed by atoms with Crippen LogP contribution in [0.4, 0.5) is 5.69 Å². The summed E-state index contributed by atoms with van der Waals surface area (Å²) in [5.74, 6) is 0. The highest BCUT2D eigenvalue weighted by Gasteiger charge is 2.27. The summed E-state index contributed by atoms with van der Waals surface area (Å²) in [5.41, 5.74) is 3.04. The van der Waals surface area contributed by atoms with Crippen molar-refractivity contribution in [2.75, 3.05) is 31.6 Å². The average molecular weight is 305 g/mol. The average Bonchev–Trinajstić information content (AvgIpc) is 3.02. The van der Waals surface area contributed by atoms with Crippen molar-refractivity contribution in [3.05, 3.63) is 29.8 Å². The number of anilines is 1. The fourth-order valence-corrected chi connectivity index (χ4v) is 3.05. The molecule has 0 radical (unpaired) electrons. The largest absolute Gasteiger partial charge is 0.368 e. The molecule has 2 aliphatic rings. The molecule has 0 saturated carbocycles. The van der Waals surface area contributed by atoms with Crippen LogP contribution in [0.5, 0.6) is 0 Å². The second-order valence-electron chi connectivity index (χ2n) is 6.11. The van der Waals surface area contributed by atoms with Crippen molar-refractivity contribution in [2.24, 2.45) is 0 Å². The summed E-state index contributed by atoms with van der Waals surface area (Å²) < 4.78 is 0. The number of rotatable bonds is 2. The van der Waals surface area contributed by atoms with Crippen molar-refractivity contribution in [2.45, 2.75) is 65.8 Å². The van der Waals surface area contributed by atoms with E-state index in [1.807, 2.05) is 13.8 Å². The van der Waals surface area contributed by atoms with Crippen LogP contribution in [0.3, 0.4) is 0 Å². The maximum Gasteiger partial charge on any atom is 0.0402 e. The highest BCUT2D eigenvalue weighted by Crippen LogP contribution is 2.31. The van der Waals surface area contributed by atoms with Crippen molar-refractivity contribution in [1.29, 1.82) is 0 Å². The first-order valence-electron chi connectivity index (χ1n) is 9.29. The fourth-order valence-electron chi connectivity index (χ4n) is 3.05. The number of hydrogen-bond donors (Lipinski definition) is 0. The second-order valence-corrected chi connectivity index (χ2v) is 6.11. The van der Waals surface area contributed by atoms with Crippen molar-refractivity contribution in [3.8, 4) is 0 Å². The smallest absolute Gasteiger partial charge is 0.0402 e. The maximum absolute atomic E-state index is 2.64. The van der Waals surface area contributed by atoms with Crippen LogP contribution in [0.25, 0.3) is 0 Å². The van der Waals surface area contributed by atoms with E-state index in [1.165, 1.54) is 57.4 Å². The van der Waals surface area contributed by atoms with Crippen molar-refractivity contribution in [3.63, 3.8) is 0 Å². The summed E-state index contributed by atoms with van der Waals surface area (Å²) in [6.07, 6.45) is 6.53. The Labute approximate surface area is 138 Å². The number of fused-ring (bicyclic) bond motifs is 1. The van der Waals surface area contributed by atoms with Gasteiger partial charge in [-0.1, -0.05) is 58.7 Å². The Hall–Kier alpha value is -1.02. The van der Waals surface area contributed by atoms with E-state index in [4.69, 9.17) is 0 Å². The van der Waals surface area contributed by atoms with Gasteiger partial charge in [-0.15, -0.1) is 0 Å². The summed E-state index contributed by atoms with van der Waals surface area (Å²) in [4.78, 5) is 5.08. The van der Waals surface area contributed by atoms with Crippen LogP contribution in [0.2, 0.25) is 0 Å². The third-order valence-electron chi connectivity index (χ3n) is 4.55. The zero-order valence-corrected chi connectivity index (χ0v) is 15.4. The van der Waals surface area contributed by atoms with Crippen LogP contribution in [0.1, 0.15) is 58.9 Å². The van der Waals surface area contributed by atoms with Gasteiger partial charge in [0.05, 0.1) is 0 Å². The molecule has 0 aromatic heterocycles. The van der Waals surface area contributed by atoms with E-state index in [-0.39, 0.29) is 0 Å². The number of likely N-dealkylation sites (tertiary alicyclic amines) is 1. The first-order chi connectivity index (χ1) is 10.8. The van der Waals surface area contributed by atoms with E-state index in [1.54, 1.807) is 5.56 Å². The molecule has 0 spiro atoms. The van der Waals surface area contributed by atoms with Crippen LogP contribution in [0.15, 0.2) is 24.3 Å². The standard InChI is InChI=1S/C14H20N2.C4H10.C2H6/c1-15-9-7-13(8-10-15)16-11-6-12-4-2-3-5-14(12)16;1-3-4-2;1-2/h2-5,13H,6-11H2,1H3;3-4H2,1-2H3;1-2H3. The predicted octanol–water partition coefficient (Wildman–Crippen LogP) is 4.98. The molecule has 1 saturated heterocycles. The Morgan fingerprint density at radius 1 is 0.955 bits per heavy atom. The fraction of sp³-hybridized carbons (Fsp3) is 0.700. The molecular formula is C20H36N2. The molecule has 1 fully saturated rings. The third kappa shape index (κ3) is 5.31. The molecule has 2 heterocycles. The Bertz CT molecular complexity index is 392. The van der Waals surface area contributed by atoms with Gasteiger partial charge in [-0.3, -0.25) is 0 Å². The van der Waals surface area contributed by atoms with Gasteiger partial charge in [0.2, 0.25) is 0 Å². The maximum atomic E-state index is 2.64.